The average molecular weight is 352 g/mol. The van der Waals surface area contributed by atoms with Crippen LogP contribution in [0.2, 0.25) is 0 Å². The minimum atomic E-state index is -0.693. The molecular weight excluding hydrogens is 336 g/mol. The standard InChI is InChI=1S/C19H16N2O5/c1-24-14-8-13-15(18(26-3)17(14)25-2)16(22)19(23)21(13)10-12-7-5-4-6-11(12)9-20/h4-8H,10H2,1-3H3. The summed E-state index contributed by atoms with van der Waals surface area (Å²) in [5.74, 6) is -0.650. The minimum Gasteiger partial charge on any atom is -0.493 e. The third-order valence-electron chi connectivity index (χ3n) is 4.23. The number of anilines is 1. The maximum atomic E-state index is 12.6. The predicted octanol–water partition coefficient (Wildman–Crippen LogP) is 2.31. The van der Waals surface area contributed by atoms with Crippen LogP contribution in [0.4, 0.5) is 5.69 Å². The molecule has 0 saturated heterocycles. The maximum absolute atomic E-state index is 12.6. The van der Waals surface area contributed by atoms with Gasteiger partial charge in [0, 0.05) is 6.07 Å². The number of benzene rings is 2. The van der Waals surface area contributed by atoms with Crippen LogP contribution in [-0.4, -0.2) is 33.0 Å². The lowest BCUT2D eigenvalue weighted by Crippen LogP contribution is -2.29. The molecule has 1 heterocycles. The number of carbonyl (C=O) groups excluding carboxylic acids is 2. The third-order valence-corrected chi connectivity index (χ3v) is 4.23. The molecule has 132 valence electrons. The van der Waals surface area contributed by atoms with E-state index in [-0.39, 0.29) is 23.6 Å². The Hall–Kier alpha value is -3.53. The Morgan fingerprint density at radius 2 is 1.73 bits per heavy atom. The summed E-state index contributed by atoms with van der Waals surface area (Å²) < 4.78 is 15.9. The molecule has 0 bridgehead atoms. The van der Waals surface area contributed by atoms with Crippen molar-refractivity contribution < 1.29 is 23.8 Å². The Kier molecular flexibility index (Phi) is 4.50. The molecular formula is C19H16N2O5. The number of rotatable bonds is 5. The normalized spacial score (nSPS) is 12.6. The lowest BCUT2D eigenvalue weighted by Gasteiger charge is -2.20. The number of amides is 1. The summed E-state index contributed by atoms with van der Waals surface area (Å²) in [5.41, 5.74) is 1.57. The highest BCUT2D eigenvalue weighted by molar-refractivity contribution is 6.53. The van der Waals surface area contributed by atoms with Gasteiger partial charge in [-0.25, -0.2) is 0 Å². The van der Waals surface area contributed by atoms with Gasteiger partial charge in [-0.15, -0.1) is 0 Å². The number of nitriles is 1. The Morgan fingerprint density at radius 1 is 1.04 bits per heavy atom. The zero-order chi connectivity index (χ0) is 18.8. The van der Waals surface area contributed by atoms with Crippen LogP contribution in [0.5, 0.6) is 17.2 Å². The molecule has 0 spiro atoms. The summed E-state index contributed by atoms with van der Waals surface area (Å²) in [7, 11) is 4.27. The SMILES string of the molecule is COc1cc2c(c(OC)c1OC)C(=O)C(=O)N2Cc1ccccc1C#N. The minimum absolute atomic E-state index is 0.0833. The first-order valence-corrected chi connectivity index (χ1v) is 7.74. The zero-order valence-corrected chi connectivity index (χ0v) is 14.5. The third kappa shape index (κ3) is 2.52. The molecule has 0 N–H and O–H groups in total. The van der Waals surface area contributed by atoms with Gasteiger partial charge in [-0.3, -0.25) is 9.59 Å². The number of carbonyl (C=O) groups is 2. The molecule has 0 saturated carbocycles. The molecule has 7 nitrogen and oxygen atoms in total. The molecule has 26 heavy (non-hydrogen) atoms. The summed E-state index contributed by atoms with van der Waals surface area (Å²) in [6.45, 7) is 0.0833. The molecule has 2 aromatic rings. The van der Waals surface area contributed by atoms with E-state index in [2.05, 4.69) is 6.07 Å². The van der Waals surface area contributed by atoms with E-state index in [1.54, 1.807) is 30.3 Å². The van der Waals surface area contributed by atoms with Crippen molar-refractivity contribution in [3.8, 4) is 23.3 Å². The van der Waals surface area contributed by atoms with Gasteiger partial charge in [0.15, 0.2) is 11.5 Å². The van der Waals surface area contributed by atoms with Gasteiger partial charge in [0.25, 0.3) is 11.7 Å². The molecule has 0 atom stereocenters. The predicted molar refractivity (Wildman–Crippen MR) is 92.8 cm³/mol. The van der Waals surface area contributed by atoms with Gasteiger partial charge >= 0.3 is 0 Å². The van der Waals surface area contributed by atoms with E-state index in [1.807, 2.05) is 0 Å². The van der Waals surface area contributed by atoms with Gasteiger partial charge in [0.05, 0.1) is 50.8 Å². The van der Waals surface area contributed by atoms with Crippen LogP contribution < -0.4 is 19.1 Å². The highest BCUT2D eigenvalue weighted by Gasteiger charge is 2.41. The van der Waals surface area contributed by atoms with E-state index in [0.717, 1.165) is 0 Å². The number of methoxy groups -OCH3 is 3. The van der Waals surface area contributed by atoms with E-state index in [0.29, 0.717) is 22.6 Å². The molecule has 7 heteroatoms. The molecule has 2 aromatic carbocycles. The Labute approximate surface area is 150 Å². The van der Waals surface area contributed by atoms with Crippen molar-refractivity contribution in [3.63, 3.8) is 0 Å². The fourth-order valence-corrected chi connectivity index (χ4v) is 3.01. The first kappa shape index (κ1) is 17.3. The Balaban J connectivity index is 2.17. The van der Waals surface area contributed by atoms with E-state index < -0.39 is 11.7 Å². The zero-order valence-electron chi connectivity index (χ0n) is 14.5. The molecule has 0 aromatic heterocycles. The second-order valence-electron chi connectivity index (χ2n) is 5.53. The number of ether oxygens (including phenoxy) is 3. The number of hydrogen-bond acceptors (Lipinski definition) is 6. The fourth-order valence-electron chi connectivity index (χ4n) is 3.01. The summed E-state index contributed by atoms with van der Waals surface area (Å²) in [6.07, 6.45) is 0. The summed E-state index contributed by atoms with van der Waals surface area (Å²) in [6, 6.07) is 10.6. The monoisotopic (exact) mass is 352 g/mol. The van der Waals surface area contributed by atoms with Gasteiger partial charge in [-0.05, 0) is 11.6 Å². The van der Waals surface area contributed by atoms with Gasteiger partial charge in [-0.1, -0.05) is 18.2 Å². The summed E-state index contributed by atoms with van der Waals surface area (Å²) >= 11 is 0. The quantitative estimate of drug-likeness (QED) is 0.767. The maximum Gasteiger partial charge on any atom is 0.299 e. The lowest BCUT2D eigenvalue weighted by atomic mass is 10.1. The summed E-state index contributed by atoms with van der Waals surface area (Å²) in [4.78, 5) is 26.5. The van der Waals surface area contributed by atoms with Crippen molar-refractivity contribution in [2.24, 2.45) is 0 Å². The number of fused-ring (bicyclic) bond motifs is 1. The lowest BCUT2D eigenvalue weighted by molar-refractivity contribution is -0.114. The molecule has 1 amide bonds. The van der Waals surface area contributed by atoms with Crippen molar-refractivity contribution in [3.05, 3.63) is 47.0 Å². The highest BCUT2D eigenvalue weighted by Crippen LogP contribution is 2.48. The number of Topliss-reactive ketones (excluding diaryl/α,β-unsaturated/α-hetero) is 1. The van der Waals surface area contributed by atoms with Crippen LogP contribution in [0.3, 0.4) is 0 Å². The van der Waals surface area contributed by atoms with E-state index in [1.165, 1.54) is 26.2 Å². The number of nitrogens with zero attached hydrogens (tertiary/aromatic N) is 2. The Morgan fingerprint density at radius 3 is 2.35 bits per heavy atom. The first-order chi connectivity index (χ1) is 12.6. The van der Waals surface area contributed by atoms with Gasteiger partial charge in [-0.2, -0.15) is 5.26 Å². The largest absolute Gasteiger partial charge is 0.493 e. The van der Waals surface area contributed by atoms with Crippen LogP contribution in [0.25, 0.3) is 0 Å². The molecule has 0 aliphatic carbocycles. The summed E-state index contributed by atoms with van der Waals surface area (Å²) in [5, 5.41) is 9.26. The van der Waals surface area contributed by atoms with Crippen molar-refractivity contribution in [2.45, 2.75) is 6.54 Å². The topological polar surface area (TPSA) is 88.9 Å². The van der Waals surface area contributed by atoms with Crippen molar-refractivity contribution in [2.75, 3.05) is 26.2 Å². The van der Waals surface area contributed by atoms with Crippen LogP contribution in [0, 0.1) is 11.3 Å². The molecule has 1 aliphatic rings. The van der Waals surface area contributed by atoms with Gasteiger partial charge < -0.3 is 19.1 Å². The van der Waals surface area contributed by atoms with Crippen LogP contribution in [-0.2, 0) is 11.3 Å². The fraction of sp³-hybridized carbons (Fsp3) is 0.211. The molecule has 1 aliphatic heterocycles. The smallest absolute Gasteiger partial charge is 0.299 e. The van der Waals surface area contributed by atoms with E-state index >= 15 is 0 Å². The van der Waals surface area contributed by atoms with Crippen LogP contribution >= 0.6 is 0 Å². The highest BCUT2D eigenvalue weighted by atomic mass is 16.5. The van der Waals surface area contributed by atoms with E-state index in [9.17, 15) is 14.9 Å². The van der Waals surface area contributed by atoms with Gasteiger partial charge in [0.1, 0.15) is 0 Å². The number of ketones is 1. The molecule has 0 unspecified atom stereocenters. The van der Waals surface area contributed by atoms with E-state index in [4.69, 9.17) is 14.2 Å². The second-order valence-corrected chi connectivity index (χ2v) is 5.53. The Bertz CT molecular complexity index is 946. The first-order valence-electron chi connectivity index (χ1n) is 7.74. The average Bonchev–Trinajstić information content (AvgIpc) is 2.91. The molecule has 0 fully saturated rings. The molecule has 0 radical (unpaired) electrons. The van der Waals surface area contributed by atoms with Crippen LogP contribution in [0.1, 0.15) is 21.5 Å². The van der Waals surface area contributed by atoms with Crippen molar-refractivity contribution in [1.82, 2.24) is 0 Å². The number of hydrogen-bond donors (Lipinski definition) is 0. The second kappa shape index (κ2) is 6.76. The van der Waals surface area contributed by atoms with Crippen LogP contribution in [0.15, 0.2) is 30.3 Å². The van der Waals surface area contributed by atoms with Crippen molar-refractivity contribution in [1.29, 1.82) is 5.26 Å². The van der Waals surface area contributed by atoms with Gasteiger partial charge in [0.2, 0.25) is 5.75 Å². The van der Waals surface area contributed by atoms with Crippen molar-refractivity contribution >= 4 is 17.4 Å². The molecule has 3 rings (SSSR count).